The Hall–Kier alpha value is -1.17. The summed E-state index contributed by atoms with van der Waals surface area (Å²) in [4.78, 5) is 10.9. The van der Waals surface area contributed by atoms with Gasteiger partial charge in [0.15, 0.2) is 5.11 Å². The van der Waals surface area contributed by atoms with Gasteiger partial charge in [-0.05, 0) is 26.1 Å². The first kappa shape index (κ1) is 11.8. The monoisotopic (exact) mass is 203 g/mol. The lowest BCUT2D eigenvalue weighted by Gasteiger charge is -2.01. The zero-order valence-corrected chi connectivity index (χ0v) is 8.48. The molecule has 0 saturated heterocycles. The van der Waals surface area contributed by atoms with Crippen molar-refractivity contribution in [3.05, 3.63) is 0 Å². The van der Waals surface area contributed by atoms with Crippen molar-refractivity contribution in [2.75, 3.05) is 6.61 Å². The number of nitrogens with zero attached hydrogens (tertiary/aromatic N) is 1. The molecule has 13 heavy (non-hydrogen) atoms. The molecule has 0 aliphatic carbocycles. The third-order valence-electron chi connectivity index (χ3n) is 1.06. The lowest BCUT2D eigenvalue weighted by atomic mass is 10.3. The second kappa shape index (κ2) is 6.36. The fraction of sp³-hybridized carbons (Fsp3) is 0.571. The quantitative estimate of drug-likeness (QED) is 0.294. The first-order chi connectivity index (χ1) is 6.06. The molecule has 0 amide bonds. The van der Waals surface area contributed by atoms with E-state index in [1.54, 1.807) is 13.8 Å². The van der Waals surface area contributed by atoms with Crippen LogP contribution in [0.25, 0.3) is 0 Å². The van der Waals surface area contributed by atoms with Gasteiger partial charge in [0, 0.05) is 5.71 Å². The van der Waals surface area contributed by atoms with Gasteiger partial charge in [0.05, 0.1) is 13.0 Å². The summed E-state index contributed by atoms with van der Waals surface area (Å²) in [6.07, 6.45) is 0.142. The maximum Gasteiger partial charge on any atom is 0.311 e. The second-order valence-electron chi connectivity index (χ2n) is 2.30. The lowest BCUT2D eigenvalue weighted by molar-refractivity contribution is -0.141. The highest BCUT2D eigenvalue weighted by Crippen LogP contribution is 1.89. The summed E-state index contributed by atoms with van der Waals surface area (Å²) in [5.74, 6) is -0.312. The van der Waals surface area contributed by atoms with Crippen LogP contribution in [0.2, 0.25) is 0 Å². The number of thiocarbonyl (C=S) groups is 1. The van der Waals surface area contributed by atoms with Gasteiger partial charge >= 0.3 is 5.97 Å². The first-order valence-corrected chi connectivity index (χ1v) is 4.21. The number of nitrogens with one attached hydrogen (secondary N) is 1. The summed E-state index contributed by atoms with van der Waals surface area (Å²) >= 11 is 4.52. The maximum atomic E-state index is 10.9. The lowest BCUT2D eigenvalue weighted by Crippen LogP contribution is -2.25. The minimum atomic E-state index is -0.312. The summed E-state index contributed by atoms with van der Waals surface area (Å²) in [7, 11) is 0. The average Bonchev–Trinajstić information content (AvgIpc) is 2.01. The van der Waals surface area contributed by atoms with Gasteiger partial charge in [-0.2, -0.15) is 5.10 Å². The highest BCUT2D eigenvalue weighted by Gasteiger charge is 2.03. The van der Waals surface area contributed by atoms with E-state index in [4.69, 9.17) is 10.5 Å². The van der Waals surface area contributed by atoms with Gasteiger partial charge < -0.3 is 10.5 Å². The van der Waals surface area contributed by atoms with Crippen LogP contribution in [0.4, 0.5) is 0 Å². The van der Waals surface area contributed by atoms with Crippen LogP contribution in [-0.2, 0) is 9.53 Å². The molecular formula is C7H13N3O2S. The van der Waals surface area contributed by atoms with Gasteiger partial charge in [0.25, 0.3) is 0 Å². The van der Waals surface area contributed by atoms with Gasteiger partial charge in [-0.25, -0.2) is 0 Å². The molecule has 0 heterocycles. The molecule has 0 spiro atoms. The van der Waals surface area contributed by atoms with Gasteiger partial charge in [0.1, 0.15) is 0 Å². The van der Waals surface area contributed by atoms with E-state index in [-0.39, 0.29) is 17.5 Å². The zero-order chi connectivity index (χ0) is 10.3. The molecule has 0 radical (unpaired) electrons. The third-order valence-corrected chi connectivity index (χ3v) is 1.15. The number of carbonyl (C=O) groups is 1. The Morgan fingerprint density at radius 1 is 1.69 bits per heavy atom. The van der Waals surface area contributed by atoms with Crippen molar-refractivity contribution >= 4 is 29.0 Å². The summed E-state index contributed by atoms with van der Waals surface area (Å²) in [6.45, 7) is 3.80. The Kier molecular flexibility index (Phi) is 5.79. The van der Waals surface area contributed by atoms with Crippen LogP contribution in [0.1, 0.15) is 20.3 Å². The minimum absolute atomic E-state index is 0.0724. The zero-order valence-electron chi connectivity index (χ0n) is 7.66. The van der Waals surface area contributed by atoms with E-state index in [9.17, 15) is 4.79 Å². The van der Waals surface area contributed by atoms with Crippen LogP contribution in [0.3, 0.4) is 0 Å². The van der Waals surface area contributed by atoms with E-state index in [2.05, 4.69) is 22.7 Å². The molecule has 0 saturated carbocycles. The molecule has 0 fully saturated rings. The van der Waals surface area contributed by atoms with Crippen molar-refractivity contribution in [3.8, 4) is 0 Å². The van der Waals surface area contributed by atoms with Crippen LogP contribution >= 0.6 is 12.2 Å². The first-order valence-electron chi connectivity index (χ1n) is 3.80. The number of nitrogens with two attached hydrogens (primary N) is 1. The molecule has 0 aromatic rings. The molecule has 0 aromatic heterocycles. The van der Waals surface area contributed by atoms with Crippen LogP contribution in [0.15, 0.2) is 5.10 Å². The third kappa shape index (κ3) is 7.20. The van der Waals surface area contributed by atoms with Crippen molar-refractivity contribution in [1.29, 1.82) is 0 Å². The number of hydrogen-bond acceptors (Lipinski definition) is 4. The van der Waals surface area contributed by atoms with Crippen molar-refractivity contribution in [3.63, 3.8) is 0 Å². The molecule has 0 aliphatic rings. The van der Waals surface area contributed by atoms with E-state index >= 15 is 0 Å². The Balaban J connectivity index is 3.84. The number of rotatable bonds is 4. The molecule has 74 valence electrons. The molecule has 0 bridgehead atoms. The van der Waals surface area contributed by atoms with Crippen molar-refractivity contribution in [2.45, 2.75) is 20.3 Å². The predicted octanol–water partition coefficient (Wildman–Crippen LogP) is 0.149. The van der Waals surface area contributed by atoms with E-state index in [0.717, 1.165) is 0 Å². The molecule has 5 nitrogen and oxygen atoms in total. The molecule has 0 atom stereocenters. The largest absolute Gasteiger partial charge is 0.466 e. The van der Waals surface area contributed by atoms with Crippen LogP contribution in [-0.4, -0.2) is 23.4 Å². The average molecular weight is 203 g/mol. The topological polar surface area (TPSA) is 76.7 Å². The van der Waals surface area contributed by atoms with Crippen LogP contribution in [0.5, 0.6) is 0 Å². The number of hydrazone groups is 1. The van der Waals surface area contributed by atoms with Crippen LogP contribution < -0.4 is 11.2 Å². The predicted molar refractivity (Wildman–Crippen MR) is 54.3 cm³/mol. The number of ether oxygens (including phenoxy) is 1. The number of esters is 1. The summed E-state index contributed by atoms with van der Waals surface area (Å²) in [5.41, 5.74) is 8.08. The number of hydrogen-bond donors (Lipinski definition) is 2. The molecule has 0 unspecified atom stereocenters. The van der Waals surface area contributed by atoms with E-state index in [1.807, 2.05) is 0 Å². The van der Waals surface area contributed by atoms with Crippen molar-refractivity contribution in [1.82, 2.24) is 5.43 Å². The normalized spacial score (nSPS) is 10.8. The standard InChI is InChI=1S/C7H13N3O2S/c1-3-12-6(11)4-5(2)9-10-7(8)13/h3-4H2,1-2H3,(H3,8,10,13). The van der Waals surface area contributed by atoms with E-state index in [1.165, 1.54) is 0 Å². The Bertz CT molecular complexity index is 228. The fourth-order valence-corrected chi connectivity index (χ4v) is 0.657. The molecule has 3 N–H and O–H groups in total. The second-order valence-corrected chi connectivity index (χ2v) is 2.74. The molecular weight excluding hydrogens is 190 g/mol. The van der Waals surface area contributed by atoms with Gasteiger partial charge in [-0.3, -0.25) is 10.2 Å². The molecule has 6 heteroatoms. The Morgan fingerprint density at radius 2 is 2.31 bits per heavy atom. The number of carbonyl (C=O) groups excluding carboxylic acids is 1. The highest BCUT2D eigenvalue weighted by molar-refractivity contribution is 7.80. The Labute approximate surface area is 82.3 Å². The molecule has 0 aliphatic heterocycles. The van der Waals surface area contributed by atoms with E-state index in [0.29, 0.717) is 12.3 Å². The molecule has 0 rings (SSSR count). The van der Waals surface area contributed by atoms with Gasteiger partial charge in [-0.15, -0.1) is 0 Å². The highest BCUT2D eigenvalue weighted by atomic mass is 32.1. The fourth-order valence-electron chi connectivity index (χ4n) is 0.611. The Morgan fingerprint density at radius 3 is 2.77 bits per heavy atom. The SMILES string of the molecule is CCOC(=O)CC(C)=NNC(N)=S. The maximum absolute atomic E-state index is 10.9. The molecule has 0 aromatic carbocycles. The van der Waals surface area contributed by atoms with Gasteiger partial charge in [0.2, 0.25) is 0 Å². The summed E-state index contributed by atoms with van der Waals surface area (Å²) in [6, 6.07) is 0. The smallest absolute Gasteiger partial charge is 0.311 e. The summed E-state index contributed by atoms with van der Waals surface area (Å²) < 4.78 is 4.71. The van der Waals surface area contributed by atoms with Crippen molar-refractivity contribution < 1.29 is 9.53 Å². The minimum Gasteiger partial charge on any atom is -0.466 e. The van der Waals surface area contributed by atoms with Gasteiger partial charge in [-0.1, -0.05) is 0 Å². The van der Waals surface area contributed by atoms with Crippen LogP contribution in [0, 0.1) is 0 Å². The summed E-state index contributed by atoms with van der Waals surface area (Å²) in [5, 5.41) is 3.82. The van der Waals surface area contributed by atoms with E-state index < -0.39 is 0 Å². The van der Waals surface area contributed by atoms with Crippen molar-refractivity contribution in [2.24, 2.45) is 10.8 Å².